The summed E-state index contributed by atoms with van der Waals surface area (Å²) in [7, 11) is 0. The molecular weight excluding hydrogens is 312 g/mol. The maximum atomic E-state index is 11.6. The fourth-order valence-electron chi connectivity index (χ4n) is 3.11. The summed E-state index contributed by atoms with van der Waals surface area (Å²) in [6.07, 6.45) is 1.94. The Labute approximate surface area is 148 Å². The maximum Gasteiger partial charge on any atom is 0.221 e. The minimum Gasteiger partial charge on any atom is -0.376 e. The van der Waals surface area contributed by atoms with Gasteiger partial charge >= 0.3 is 0 Å². The zero-order valence-corrected chi connectivity index (χ0v) is 15.4. The molecule has 3 aromatic rings. The number of hydrogen-bond acceptors (Lipinski definition) is 3. The summed E-state index contributed by atoms with van der Waals surface area (Å²) in [4.78, 5) is 16.3. The smallest absolute Gasteiger partial charge is 0.221 e. The second-order valence-electron chi connectivity index (χ2n) is 6.49. The number of benzene rings is 1. The Balaban J connectivity index is 2.06. The number of nitrogens with one attached hydrogen (secondary N) is 2. The van der Waals surface area contributed by atoms with Crippen molar-refractivity contribution in [3.05, 3.63) is 58.5 Å². The molecule has 25 heavy (non-hydrogen) atoms. The summed E-state index contributed by atoms with van der Waals surface area (Å²) < 4.78 is 2.05. The first-order valence-corrected chi connectivity index (χ1v) is 8.43. The monoisotopic (exact) mass is 336 g/mol. The first kappa shape index (κ1) is 17.0. The Kier molecular flexibility index (Phi) is 4.49. The van der Waals surface area contributed by atoms with Gasteiger partial charge in [0, 0.05) is 25.4 Å². The number of fused-ring (bicyclic) bond motifs is 1. The fourth-order valence-corrected chi connectivity index (χ4v) is 3.11. The van der Waals surface area contributed by atoms with Crippen LogP contribution in [0.3, 0.4) is 0 Å². The van der Waals surface area contributed by atoms with Crippen LogP contribution >= 0.6 is 0 Å². The molecule has 2 N–H and O–H groups in total. The zero-order chi connectivity index (χ0) is 18.1. The Morgan fingerprint density at radius 2 is 1.80 bits per heavy atom. The van der Waals surface area contributed by atoms with Gasteiger partial charge in [-0.25, -0.2) is 4.98 Å². The average Bonchev–Trinajstić information content (AvgIpc) is 2.83. The van der Waals surface area contributed by atoms with Crippen LogP contribution in [0.4, 0.5) is 11.4 Å². The molecule has 2 heterocycles. The number of pyridine rings is 1. The zero-order valence-electron chi connectivity index (χ0n) is 15.4. The van der Waals surface area contributed by atoms with E-state index in [4.69, 9.17) is 0 Å². The van der Waals surface area contributed by atoms with E-state index < -0.39 is 0 Å². The standard InChI is InChI=1S/C20H24N4O/c1-12-7-6-8-13(2)17(12)11-21-19-18(23-16(5)25)9-10-24-15(4)14(3)22-20(19)24/h6-10,21H,11H2,1-5H3,(H,23,25). The van der Waals surface area contributed by atoms with Gasteiger partial charge in [-0.1, -0.05) is 18.2 Å². The Morgan fingerprint density at radius 3 is 2.44 bits per heavy atom. The predicted molar refractivity (Wildman–Crippen MR) is 102 cm³/mol. The van der Waals surface area contributed by atoms with Crippen molar-refractivity contribution in [2.75, 3.05) is 10.6 Å². The van der Waals surface area contributed by atoms with Gasteiger partial charge in [0.15, 0.2) is 5.65 Å². The quantitative estimate of drug-likeness (QED) is 0.753. The van der Waals surface area contributed by atoms with Gasteiger partial charge in [0.05, 0.1) is 11.4 Å². The molecule has 0 saturated carbocycles. The number of hydrogen-bond donors (Lipinski definition) is 2. The molecule has 0 aliphatic carbocycles. The van der Waals surface area contributed by atoms with Crippen molar-refractivity contribution in [1.29, 1.82) is 0 Å². The third-order valence-electron chi connectivity index (χ3n) is 4.67. The minimum absolute atomic E-state index is 0.0977. The Morgan fingerprint density at radius 1 is 1.12 bits per heavy atom. The fraction of sp³-hybridized carbons (Fsp3) is 0.300. The van der Waals surface area contributed by atoms with Gasteiger partial charge in [-0.05, 0) is 50.5 Å². The third-order valence-corrected chi connectivity index (χ3v) is 4.67. The first-order valence-electron chi connectivity index (χ1n) is 8.43. The maximum absolute atomic E-state index is 11.6. The van der Waals surface area contributed by atoms with Crippen LogP contribution in [0.15, 0.2) is 30.5 Å². The lowest BCUT2D eigenvalue weighted by molar-refractivity contribution is -0.114. The molecule has 0 atom stereocenters. The van der Waals surface area contributed by atoms with E-state index in [-0.39, 0.29) is 5.91 Å². The largest absolute Gasteiger partial charge is 0.376 e. The lowest BCUT2D eigenvalue weighted by Crippen LogP contribution is -2.12. The minimum atomic E-state index is -0.0977. The van der Waals surface area contributed by atoms with Gasteiger partial charge < -0.3 is 15.0 Å². The van der Waals surface area contributed by atoms with Crippen LogP contribution in [0, 0.1) is 27.7 Å². The molecule has 0 spiro atoms. The number of anilines is 2. The summed E-state index contributed by atoms with van der Waals surface area (Å²) in [5.74, 6) is -0.0977. The van der Waals surface area contributed by atoms with Crippen LogP contribution in [0.5, 0.6) is 0 Å². The summed E-state index contributed by atoms with van der Waals surface area (Å²) in [6.45, 7) is 10.5. The lowest BCUT2D eigenvalue weighted by atomic mass is 10.0. The molecule has 0 bridgehead atoms. The van der Waals surface area contributed by atoms with Crippen LogP contribution in [-0.4, -0.2) is 15.3 Å². The molecular formula is C20H24N4O. The molecule has 0 fully saturated rings. The van der Waals surface area contributed by atoms with Crippen molar-refractivity contribution in [2.24, 2.45) is 0 Å². The number of amides is 1. The number of aromatic nitrogens is 2. The molecule has 0 saturated heterocycles. The van der Waals surface area contributed by atoms with Gasteiger partial charge in [-0.3, -0.25) is 4.79 Å². The van der Waals surface area contributed by atoms with E-state index in [0.29, 0.717) is 6.54 Å². The highest BCUT2D eigenvalue weighted by atomic mass is 16.1. The third kappa shape index (κ3) is 3.22. The summed E-state index contributed by atoms with van der Waals surface area (Å²) in [6, 6.07) is 8.21. The van der Waals surface area contributed by atoms with E-state index in [1.807, 2.05) is 30.5 Å². The van der Waals surface area contributed by atoms with Gasteiger partial charge in [0.1, 0.15) is 5.69 Å². The molecule has 1 amide bonds. The van der Waals surface area contributed by atoms with Gasteiger partial charge in [-0.2, -0.15) is 0 Å². The number of aryl methyl sites for hydroxylation is 4. The number of imidazole rings is 1. The summed E-state index contributed by atoms with van der Waals surface area (Å²) >= 11 is 0. The highest BCUT2D eigenvalue weighted by molar-refractivity contribution is 5.95. The number of rotatable bonds is 4. The SMILES string of the molecule is CC(=O)Nc1ccn2c(C)c(C)nc2c1NCc1c(C)cccc1C. The topological polar surface area (TPSA) is 58.4 Å². The molecule has 130 valence electrons. The highest BCUT2D eigenvalue weighted by Crippen LogP contribution is 2.29. The van der Waals surface area contributed by atoms with Crippen molar-refractivity contribution in [3.63, 3.8) is 0 Å². The number of nitrogens with zero attached hydrogens (tertiary/aromatic N) is 2. The van der Waals surface area contributed by atoms with Gasteiger partial charge in [0.2, 0.25) is 5.91 Å². The summed E-state index contributed by atoms with van der Waals surface area (Å²) in [5.41, 5.74) is 8.25. The van der Waals surface area contributed by atoms with Crippen LogP contribution in [0.25, 0.3) is 5.65 Å². The van der Waals surface area contributed by atoms with Crippen LogP contribution in [0.2, 0.25) is 0 Å². The molecule has 0 aliphatic heterocycles. The Hall–Kier alpha value is -2.82. The van der Waals surface area contributed by atoms with Gasteiger partial charge in [0.25, 0.3) is 0 Å². The normalized spacial score (nSPS) is 10.9. The second kappa shape index (κ2) is 6.59. The van der Waals surface area contributed by atoms with E-state index in [1.165, 1.54) is 23.6 Å². The first-order chi connectivity index (χ1) is 11.9. The lowest BCUT2D eigenvalue weighted by Gasteiger charge is -2.16. The van der Waals surface area contributed by atoms with Crippen LogP contribution in [0.1, 0.15) is 35.0 Å². The number of carbonyl (C=O) groups is 1. The van der Waals surface area contributed by atoms with Crippen LogP contribution < -0.4 is 10.6 Å². The van der Waals surface area contributed by atoms with E-state index in [1.54, 1.807) is 0 Å². The molecule has 1 aromatic carbocycles. The molecule has 5 nitrogen and oxygen atoms in total. The van der Waals surface area contributed by atoms with E-state index in [2.05, 4.69) is 47.7 Å². The molecule has 5 heteroatoms. The van der Waals surface area contributed by atoms with E-state index >= 15 is 0 Å². The Bertz CT molecular complexity index is 936. The highest BCUT2D eigenvalue weighted by Gasteiger charge is 2.14. The number of carbonyl (C=O) groups excluding carboxylic acids is 1. The van der Waals surface area contributed by atoms with Crippen LogP contribution in [-0.2, 0) is 11.3 Å². The van der Waals surface area contributed by atoms with Crippen molar-refractivity contribution >= 4 is 22.9 Å². The van der Waals surface area contributed by atoms with Crippen molar-refractivity contribution in [2.45, 2.75) is 41.2 Å². The van der Waals surface area contributed by atoms with Crippen molar-refractivity contribution < 1.29 is 4.79 Å². The average molecular weight is 336 g/mol. The molecule has 3 rings (SSSR count). The van der Waals surface area contributed by atoms with Crippen molar-refractivity contribution in [3.8, 4) is 0 Å². The van der Waals surface area contributed by atoms with Crippen molar-refractivity contribution in [1.82, 2.24) is 9.38 Å². The van der Waals surface area contributed by atoms with E-state index in [0.717, 1.165) is 28.4 Å². The van der Waals surface area contributed by atoms with Gasteiger partial charge in [-0.15, -0.1) is 0 Å². The molecule has 0 unspecified atom stereocenters. The van der Waals surface area contributed by atoms with E-state index in [9.17, 15) is 4.79 Å². The second-order valence-corrected chi connectivity index (χ2v) is 6.49. The summed E-state index contributed by atoms with van der Waals surface area (Å²) in [5, 5.41) is 6.41. The molecule has 0 radical (unpaired) electrons. The predicted octanol–water partition coefficient (Wildman–Crippen LogP) is 4.14. The molecule has 2 aromatic heterocycles. The molecule has 0 aliphatic rings.